The van der Waals surface area contributed by atoms with Crippen LogP contribution in [0.2, 0.25) is 0 Å². The standard InChI is InChI=1S/C22H25F3NO3Si/c1-21(2,3)17-9-11-19(12-10-17)30(18-7-5-4-6-8-18)28-15-16-13-26(14-16)29-20(27)22(23,24)25/h4-12,16H,13-15H2,1-3H3. The molecule has 1 aliphatic rings. The van der Waals surface area contributed by atoms with Gasteiger partial charge in [0.25, 0.3) is 9.04 Å². The fraction of sp³-hybridized carbons (Fsp3) is 0.409. The number of hydrogen-bond acceptors (Lipinski definition) is 4. The lowest BCUT2D eigenvalue weighted by atomic mass is 9.87. The molecule has 0 aliphatic carbocycles. The molecule has 3 rings (SSSR count). The monoisotopic (exact) mass is 436 g/mol. The number of halogens is 3. The van der Waals surface area contributed by atoms with Gasteiger partial charge in [0.1, 0.15) is 0 Å². The minimum absolute atomic E-state index is 0.0172. The molecule has 161 valence electrons. The van der Waals surface area contributed by atoms with Crippen molar-refractivity contribution in [2.24, 2.45) is 5.92 Å². The van der Waals surface area contributed by atoms with Gasteiger partial charge in [-0.1, -0.05) is 75.4 Å². The topological polar surface area (TPSA) is 38.8 Å². The molecule has 30 heavy (non-hydrogen) atoms. The molecule has 1 saturated heterocycles. The van der Waals surface area contributed by atoms with Crippen LogP contribution in [0, 0.1) is 5.92 Å². The van der Waals surface area contributed by atoms with Gasteiger partial charge in [-0.3, -0.25) is 0 Å². The zero-order chi connectivity index (χ0) is 21.9. The lowest BCUT2D eigenvalue weighted by Crippen LogP contribution is -2.53. The van der Waals surface area contributed by atoms with E-state index in [0.29, 0.717) is 6.61 Å². The van der Waals surface area contributed by atoms with E-state index in [1.807, 2.05) is 30.3 Å². The zero-order valence-corrected chi connectivity index (χ0v) is 18.2. The molecule has 0 bridgehead atoms. The van der Waals surface area contributed by atoms with Crippen molar-refractivity contribution in [3.8, 4) is 0 Å². The quantitative estimate of drug-likeness (QED) is 0.653. The number of rotatable bonds is 6. The third kappa shape index (κ3) is 5.71. The lowest BCUT2D eigenvalue weighted by Gasteiger charge is -2.37. The molecule has 1 aliphatic heterocycles. The molecular formula is C22H25F3NO3Si. The molecule has 1 radical (unpaired) electrons. The van der Waals surface area contributed by atoms with Gasteiger partial charge in [-0.2, -0.15) is 13.2 Å². The molecule has 0 amide bonds. The van der Waals surface area contributed by atoms with Crippen LogP contribution in [0.25, 0.3) is 0 Å². The number of nitrogens with zero attached hydrogens (tertiary/aromatic N) is 1. The van der Waals surface area contributed by atoms with E-state index in [4.69, 9.17) is 4.43 Å². The summed E-state index contributed by atoms with van der Waals surface area (Å²) < 4.78 is 43.1. The predicted octanol–water partition coefficient (Wildman–Crippen LogP) is 3.06. The number of carbonyl (C=O) groups excluding carboxylic acids is 1. The van der Waals surface area contributed by atoms with Crippen molar-refractivity contribution >= 4 is 25.4 Å². The van der Waals surface area contributed by atoms with Gasteiger partial charge in [0.2, 0.25) is 0 Å². The molecule has 0 atom stereocenters. The minimum atomic E-state index is -4.98. The highest BCUT2D eigenvalue weighted by Gasteiger charge is 2.44. The van der Waals surface area contributed by atoms with Gasteiger partial charge in [-0.25, -0.2) is 4.79 Å². The zero-order valence-electron chi connectivity index (χ0n) is 17.2. The molecule has 0 saturated carbocycles. The molecule has 8 heteroatoms. The normalized spacial score (nSPS) is 15.8. The van der Waals surface area contributed by atoms with Crippen molar-refractivity contribution in [2.45, 2.75) is 32.4 Å². The van der Waals surface area contributed by atoms with Gasteiger partial charge < -0.3 is 9.26 Å². The van der Waals surface area contributed by atoms with Crippen LogP contribution in [-0.2, 0) is 19.5 Å². The van der Waals surface area contributed by atoms with E-state index in [0.717, 1.165) is 15.4 Å². The van der Waals surface area contributed by atoms with Gasteiger partial charge >= 0.3 is 12.1 Å². The average Bonchev–Trinajstić information content (AvgIpc) is 2.65. The Morgan fingerprint density at radius 3 is 2.10 bits per heavy atom. The van der Waals surface area contributed by atoms with Gasteiger partial charge in [-0.05, 0) is 21.4 Å². The van der Waals surface area contributed by atoms with Crippen molar-refractivity contribution in [3.63, 3.8) is 0 Å². The first kappa shape index (κ1) is 22.5. The average molecular weight is 437 g/mol. The molecule has 1 heterocycles. The van der Waals surface area contributed by atoms with Crippen LogP contribution in [0.15, 0.2) is 54.6 Å². The van der Waals surface area contributed by atoms with E-state index in [9.17, 15) is 18.0 Å². The predicted molar refractivity (Wildman–Crippen MR) is 110 cm³/mol. The summed E-state index contributed by atoms with van der Waals surface area (Å²) >= 11 is 0. The Morgan fingerprint density at radius 2 is 1.57 bits per heavy atom. The highest BCUT2D eigenvalue weighted by molar-refractivity contribution is 6.80. The Morgan fingerprint density at radius 1 is 1.00 bits per heavy atom. The summed E-state index contributed by atoms with van der Waals surface area (Å²) in [5, 5.41) is 3.24. The Kier molecular flexibility index (Phi) is 6.69. The Bertz CT molecular complexity index is 845. The first-order valence-corrected chi connectivity index (χ1v) is 11.1. The van der Waals surface area contributed by atoms with E-state index < -0.39 is 21.2 Å². The van der Waals surface area contributed by atoms with Gasteiger partial charge in [0, 0.05) is 25.6 Å². The summed E-state index contributed by atoms with van der Waals surface area (Å²) in [7, 11) is -1.50. The van der Waals surface area contributed by atoms with Crippen LogP contribution in [0.3, 0.4) is 0 Å². The van der Waals surface area contributed by atoms with Gasteiger partial charge in [-0.15, -0.1) is 5.06 Å². The number of benzene rings is 2. The maximum atomic E-state index is 12.3. The third-order valence-electron chi connectivity index (χ3n) is 4.88. The summed E-state index contributed by atoms with van der Waals surface area (Å²) in [6.45, 7) is 7.34. The number of alkyl halides is 3. The SMILES string of the molecule is CC(C)(C)c1ccc([Si](OCC2CN(OC(=O)C(F)(F)F)C2)c2ccccc2)cc1. The molecule has 4 nitrogen and oxygen atoms in total. The van der Waals surface area contributed by atoms with Crippen molar-refractivity contribution in [1.29, 1.82) is 0 Å². The van der Waals surface area contributed by atoms with E-state index in [1.54, 1.807) is 0 Å². The summed E-state index contributed by atoms with van der Waals surface area (Å²) in [6, 6.07) is 18.4. The maximum Gasteiger partial charge on any atom is 0.492 e. The summed E-state index contributed by atoms with van der Waals surface area (Å²) in [6.07, 6.45) is -4.98. The Hall–Kier alpha value is -2.16. The van der Waals surface area contributed by atoms with Gasteiger partial charge in [0.05, 0.1) is 0 Å². The molecule has 0 unspecified atom stereocenters. The summed E-state index contributed by atoms with van der Waals surface area (Å²) in [5.74, 6) is -2.17. The third-order valence-corrected chi connectivity index (χ3v) is 7.05. The van der Waals surface area contributed by atoms with Crippen molar-refractivity contribution < 1.29 is 27.2 Å². The molecule has 0 aromatic heterocycles. The highest BCUT2D eigenvalue weighted by Crippen LogP contribution is 2.23. The van der Waals surface area contributed by atoms with E-state index >= 15 is 0 Å². The van der Waals surface area contributed by atoms with Crippen molar-refractivity contribution in [1.82, 2.24) is 5.06 Å². The second-order valence-corrected chi connectivity index (χ2v) is 10.5. The van der Waals surface area contributed by atoms with Gasteiger partial charge in [0.15, 0.2) is 0 Å². The molecule has 1 fully saturated rings. The van der Waals surface area contributed by atoms with E-state index in [1.165, 1.54) is 5.56 Å². The Balaban J connectivity index is 1.62. The molecule has 0 N–H and O–H groups in total. The molecule has 2 aromatic carbocycles. The first-order valence-electron chi connectivity index (χ1n) is 9.74. The van der Waals surface area contributed by atoms with Crippen LogP contribution < -0.4 is 10.4 Å². The maximum absolute atomic E-state index is 12.3. The lowest BCUT2D eigenvalue weighted by molar-refractivity contribution is -0.259. The Labute approximate surface area is 176 Å². The van der Waals surface area contributed by atoms with Crippen LogP contribution >= 0.6 is 0 Å². The largest absolute Gasteiger partial charge is 0.492 e. The number of carbonyl (C=O) groups is 1. The second-order valence-electron chi connectivity index (χ2n) is 8.42. The van der Waals surface area contributed by atoms with Crippen LogP contribution in [-0.4, -0.2) is 45.9 Å². The first-order chi connectivity index (χ1) is 14.0. The van der Waals surface area contributed by atoms with Crippen LogP contribution in [0.4, 0.5) is 13.2 Å². The number of hydroxylamine groups is 2. The van der Waals surface area contributed by atoms with Crippen LogP contribution in [0.1, 0.15) is 26.3 Å². The number of hydrogen-bond donors (Lipinski definition) is 0. The summed E-state index contributed by atoms with van der Waals surface area (Å²) in [4.78, 5) is 15.2. The molecule has 0 spiro atoms. The van der Waals surface area contributed by atoms with E-state index in [2.05, 4.69) is 49.9 Å². The van der Waals surface area contributed by atoms with Crippen LogP contribution in [0.5, 0.6) is 0 Å². The van der Waals surface area contributed by atoms with Crippen molar-refractivity contribution in [3.05, 3.63) is 60.2 Å². The minimum Gasteiger partial charge on any atom is -0.407 e. The highest BCUT2D eigenvalue weighted by atomic mass is 28.3. The molecular weight excluding hydrogens is 411 g/mol. The van der Waals surface area contributed by atoms with E-state index in [-0.39, 0.29) is 24.4 Å². The molecule has 2 aromatic rings. The summed E-state index contributed by atoms with van der Waals surface area (Å²) in [5.41, 5.74) is 1.30. The van der Waals surface area contributed by atoms with Crippen molar-refractivity contribution in [2.75, 3.05) is 19.7 Å². The fourth-order valence-electron chi connectivity index (χ4n) is 3.12. The fourth-order valence-corrected chi connectivity index (χ4v) is 5.15. The second kappa shape index (κ2) is 8.91. The smallest absolute Gasteiger partial charge is 0.407 e.